The number of hydrogen-bond donors (Lipinski definition) is 0. The lowest BCUT2D eigenvalue weighted by atomic mass is 10.1. The maximum absolute atomic E-state index is 13.2. The number of carbonyl (C=O) groups is 1. The first-order chi connectivity index (χ1) is 13.1. The Morgan fingerprint density at radius 2 is 1.96 bits per heavy atom. The largest absolute Gasteiger partial charge is 0.334 e. The molecule has 0 spiro atoms. The lowest BCUT2D eigenvalue weighted by molar-refractivity contribution is 0.0707. The van der Waals surface area contributed by atoms with Crippen LogP contribution in [0.15, 0.2) is 40.9 Å². The minimum absolute atomic E-state index is 0.141. The summed E-state index contributed by atoms with van der Waals surface area (Å²) >= 11 is 3.51. The molecule has 1 atom stereocenters. The lowest BCUT2D eigenvalue weighted by Crippen LogP contribution is -2.42. The van der Waals surface area contributed by atoms with Crippen LogP contribution >= 0.6 is 15.9 Å². The van der Waals surface area contributed by atoms with Crippen LogP contribution in [-0.2, 0) is 0 Å². The molecule has 1 aromatic heterocycles. The fraction of sp³-hybridized carbons (Fsp3) is 0.455. The van der Waals surface area contributed by atoms with Gasteiger partial charge in [-0.25, -0.2) is 0 Å². The number of likely N-dealkylation sites (tertiary alicyclic amines) is 2. The third-order valence-corrected chi connectivity index (χ3v) is 6.24. The summed E-state index contributed by atoms with van der Waals surface area (Å²) in [5.74, 6) is 0.141. The Morgan fingerprint density at radius 1 is 1.15 bits per heavy atom. The first kappa shape index (κ1) is 18.6. The molecule has 27 heavy (non-hydrogen) atoms. The highest BCUT2D eigenvalue weighted by Gasteiger charge is 2.32. The van der Waals surface area contributed by atoms with Crippen molar-refractivity contribution in [2.24, 2.45) is 0 Å². The van der Waals surface area contributed by atoms with Gasteiger partial charge in [-0.2, -0.15) is 0 Å². The van der Waals surface area contributed by atoms with E-state index in [1.54, 1.807) is 0 Å². The third kappa shape index (κ3) is 4.09. The Balaban J connectivity index is 1.52. The lowest BCUT2D eigenvalue weighted by Gasteiger charge is -2.29. The predicted molar refractivity (Wildman–Crippen MR) is 112 cm³/mol. The van der Waals surface area contributed by atoms with Crippen LogP contribution < -0.4 is 0 Å². The summed E-state index contributed by atoms with van der Waals surface area (Å²) in [5.41, 5.74) is 3.51. The number of nitrogens with zero attached hydrogens (tertiary/aromatic N) is 3. The molecule has 2 aliphatic heterocycles. The van der Waals surface area contributed by atoms with Crippen molar-refractivity contribution in [2.45, 2.75) is 38.6 Å². The monoisotopic (exact) mass is 427 g/mol. The van der Waals surface area contributed by atoms with Gasteiger partial charge in [0.25, 0.3) is 5.91 Å². The molecular formula is C22H26BrN3O. The molecule has 1 amide bonds. The smallest absolute Gasteiger partial charge is 0.255 e. The van der Waals surface area contributed by atoms with E-state index >= 15 is 0 Å². The van der Waals surface area contributed by atoms with E-state index in [0.29, 0.717) is 6.04 Å². The summed E-state index contributed by atoms with van der Waals surface area (Å²) in [6.45, 7) is 6.19. The molecule has 4 rings (SSSR count). The minimum atomic E-state index is 0.141. The zero-order chi connectivity index (χ0) is 18.8. The molecule has 4 nitrogen and oxygen atoms in total. The molecule has 3 heterocycles. The van der Waals surface area contributed by atoms with Gasteiger partial charge in [-0.15, -0.1) is 0 Å². The van der Waals surface area contributed by atoms with E-state index in [0.717, 1.165) is 52.9 Å². The number of halogens is 1. The SMILES string of the molecule is Cc1nc(-c2cccc(Br)c2)ccc1C(=O)N1CCCC1CN1CCCC1. The van der Waals surface area contributed by atoms with Crippen molar-refractivity contribution in [2.75, 3.05) is 26.2 Å². The summed E-state index contributed by atoms with van der Waals surface area (Å²) in [5, 5.41) is 0. The van der Waals surface area contributed by atoms with E-state index in [2.05, 4.69) is 31.8 Å². The van der Waals surface area contributed by atoms with Crippen LogP contribution in [-0.4, -0.2) is 52.9 Å². The average Bonchev–Trinajstić information content (AvgIpc) is 3.33. The molecule has 2 aliphatic rings. The van der Waals surface area contributed by atoms with E-state index in [1.165, 1.54) is 25.9 Å². The number of aromatic nitrogens is 1. The molecule has 2 saturated heterocycles. The summed E-state index contributed by atoms with van der Waals surface area (Å²) in [4.78, 5) is 22.5. The van der Waals surface area contributed by atoms with Crippen LogP contribution in [0.2, 0.25) is 0 Å². The Kier molecular flexibility index (Phi) is 5.60. The van der Waals surface area contributed by atoms with Crippen molar-refractivity contribution in [3.8, 4) is 11.3 Å². The number of pyridine rings is 1. The van der Waals surface area contributed by atoms with E-state index in [-0.39, 0.29) is 5.91 Å². The molecular weight excluding hydrogens is 402 g/mol. The van der Waals surface area contributed by atoms with Crippen molar-refractivity contribution in [1.82, 2.24) is 14.8 Å². The second-order valence-electron chi connectivity index (χ2n) is 7.64. The Bertz CT molecular complexity index is 832. The predicted octanol–water partition coefficient (Wildman–Crippen LogP) is 4.52. The van der Waals surface area contributed by atoms with Gasteiger partial charge in [0.1, 0.15) is 0 Å². The fourth-order valence-electron chi connectivity index (χ4n) is 4.31. The fourth-order valence-corrected chi connectivity index (χ4v) is 4.71. The maximum atomic E-state index is 13.2. The first-order valence-corrected chi connectivity index (χ1v) is 10.7. The van der Waals surface area contributed by atoms with Crippen LogP contribution in [0.4, 0.5) is 0 Å². The van der Waals surface area contributed by atoms with Gasteiger partial charge >= 0.3 is 0 Å². The number of amides is 1. The van der Waals surface area contributed by atoms with Gasteiger partial charge in [-0.1, -0.05) is 28.1 Å². The molecule has 2 aromatic rings. The van der Waals surface area contributed by atoms with E-state index in [4.69, 9.17) is 4.98 Å². The number of aryl methyl sites for hydroxylation is 1. The highest BCUT2D eigenvalue weighted by molar-refractivity contribution is 9.10. The number of carbonyl (C=O) groups excluding carboxylic acids is 1. The average molecular weight is 428 g/mol. The molecule has 5 heteroatoms. The molecule has 0 aliphatic carbocycles. The van der Waals surface area contributed by atoms with Crippen molar-refractivity contribution in [3.05, 3.63) is 52.1 Å². The van der Waals surface area contributed by atoms with Gasteiger partial charge in [-0.3, -0.25) is 9.78 Å². The topological polar surface area (TPSA) is 36.4 Å². The highest BCUT2D eigenvalue weighted by Crippen LogP contribution is 2.26. The summed E-state index contributed by atoms with van der Waals surface area (Å²) in [7, 11) is 0. The minimum Gasteiger partial charge on any atom is -0.334 e. The van der Waals surface area contributed by atoms with Crippen molar-refractivity contribution in [1.29, 1.82) is 0 Å². The zero-order valence-electron chi connectivity index (χ0n) is 15.8. The molecule has 1 unspecified atom stereocenters. The Hall–Kier alpha value is -1.72. The van der Waals surface area contributed by atoms with Gasteiger partial charge < -0.3 is 9.80 Å². The van der Waals surface area contributed by atoms with Crippen molar-refractivity contribution >= 4 is 21.8 Å². The van der Waals surface area contributed by atoms with Crippen LogP contribution in [0.1, 0.15) is 41.7 Å². The molecule has 0 bridgehead atoms. The summed E-state index contributed by atoms with van der Waals surface area (Å²) in [6.07, 6.45) is 4.80. The van der Waals surface area contributed by atoms with Gasteiger partial charge in [-0.05, 0) is 70.0 Å². The van der Waals surface area contributed by atoms with E-state index < -0.39 is 0 Å². The molecule has 142 valence electrons. The van der Waals surface area contributed by atoms with Crippen LogP contribution in [0, 0.1) is 6.92 Å². The quantitative estimate of drug-likeness (QED) is 0.719. The molecule has 0 saturated carbocycles. The first-order valence-electron chi connectivity index (χ1n) is 9.89. The van der Waals surface area contributed by atoms with Gasteiger partial charge in [0.2, 0.25) is 0 Å². The summed E-state index contributed by atoms with van der Waals surface area (Å²) < 4.78 is 1.03. The van der Waals surface area contributed by atoms with E-state index in [9.17, 15) is 4.79 Å². The van der Waals surface area contributed by atoms with Crippen molar-refractivity contribution in [3.63, 3.8) is 0 Å². The molecule has 1 aromatic carbocycles. The third-order valence-electron chi connectivity index (χ3n) is 5.74. The standard InChI is InChI=1S/C22H26BrN3O/c1-16-20(9-10-21(24-16)17-6-4-7-18(23)14-17)22(27)26-13-5-8-19(26)15-25-11-2-3-12-25/h4,6-7,9-10,14,19H,2-3,5,8,11-13,15H2,1H3. The second-order valence-corrected chi connectivity index (χ2v) is 8.56. The second kappa shape index (κ2) is 8.11. The van der Waals surface area contributed by atoms with Gasteiger partial charge in [0.05, 0.1) is 17.0 Å². The van der Waals surface area contributed by atoms with Gasteiger partial charge in [0, 0.05) is 29.2 Å². The van der Waals surface area contributed by atoms with Gasteiger partial charge in [0.15, 0.2) is 0 Å². The molecule has 2 fully saturated rings. The van der Waals surface area contributed by atoms with E-state index in [1.807, 2.05) is 37.3 Å². The molecule has 0 radical (unpaired) electrons. The zero-order valence-corrected chi connectivity index (χ0v) is 17.4. The number of benzene rings is 1. The Labute approximate surface area is 169 Å². The highest BCUT2D eigenvalue weighted by atomic mass is 79.9. The molecule has 0 N–H and O–H groups in total. The normalized spacial score (nSPS) is 20.4. The number of hydrogen-bond acceptors (Lipinski definition) is 3. The Morgan fingerprint density at radius 3 is 2.70 bits per heavy atom. The van der Waals surface area contributed by atoms with Crippen molar-refractivity contribution < 1.29 is 4.79 Å². The van der Waals surface area contributed by atoms with Crippen LogP contribution in [0.5, 0.6) is 0 Å². The van der Waals surface area contributed by atoms with Crippen LogP contribution in [0.3, 0.4) is 0 Å². The maximum Gasteiger partial charge on any atom is 0.255 e. The number of rotatable bonds is 4. The summed E-state index contributed by atoms with van der Waals surface area (Å²) in [6, 6.07) is 12.4. The van der Waals surface area contributed by atoms with Crippen LogP contribution in [0.25, 0.3) is 11.3 Å².